The summed E-state index contributed by atoms with van der Waals surface area (Å²) in [5.74, 6) is 0.783. The van der Waals surface area contributed by atoms with Gasteiger partial charge in [0, 0.05) is 46.1 Å². The van der Waals surface area contributed by atoms with Gasteiger partial charge in [0.25, 0.3) is 5.91 Å². The molecule has 0 radical (unpaired) electrons. The van der Waals surface area contributed by atoms with E-state index in [4.69, 9.17) is 9.15 Å². The molecule has 0 saturated carbocycles. The number of hydrogen-bond donors (Lipinski definition) is 0. The summed E-state index contributed by atoms with van der Waals surface area (Å²) in [7, 11) is 0. The second-order valence-corrected chi connectivity index (χ2v) is 9.86. The number of rotatable bonds is 6. The van der Waals surface area contributed by atoms with E-state index < -0.39 is 6.04 Å². The van der Waals surface area contributed by atoms with Crippen LogP contribution in [0.3, 0.4) is 0 Å². The van der Waals surface area contributed by atoms with Crippen LogP contribution < -0.4 is 4.74 Å². The predicted molar refractivity (Wildman–Crippen MR) is 142 cm³/mol. The quantitative estimate of drug-likeness (QED) is 0.475. The summed E-state index contributed by atoms with van der Waals surface area (Å²) in [5, 5.41) is 0. The molecule has 1 saturated heterocycles. The first-order chi connectivity index (χ1) is 18.8. The van der Waals surface area contributed by atoms with E-state index in [1.54, 1.807) is 28.0 Å². The van der Waals surface area contributed by atoms with Crippen molar-refractivity contribution < 1.29 is 27.9 Å². The summed E-state index contributed by atoms with van der Waals surface area (Å²) >= 11 is 0. The molecule has 9 heteroatoms. The van der Waals surface area contributed by atoms with Crippen LogP contribution in [0.2, 0.25) is 0 Å². The number of furan rings is 1. The van der Waals surface area contributed by atoms with Gasteiger partial charge in [0.05, 0.1) is 6.04 Å². The third-order valence-corrected chi connectivity index (χ3v) is 7.40. The van der Waals surface area contributed by atoms with Crippen LogP contribution in [-0.2, 0) is 22.6 Å². The van der Waals surface area contributed by atoms with Crippen molar-refractivity contribution in [2.24, 2.45) is 0 Å². The van der Waals surface area contributed by atoms with Crippen molar-refractivity contribution in [3.05, 3.63) is 88.6 Å². The number of benzene rings is 2. The van der Waals surface area contributed by atoms with Crippen molar-refractivity contribution >= 4 is 17.7 Å². The van der Waals surface area contributed by atoms with Gasteiger partial charge in [-0.2, -0.15) is 0 Å². The number of carbonyl (C=O) groups excluding carboxylic acids is 3. The molecular weight excluding hydrogens is 501 g/mol. The summed E-state index contributed by atoms with van der Waals surface area (Å²) in [4.78, 5) is 42.4. The third kappa shape index (κ3) is 5.67. The second kappa shape index (κ2) is 11.3. The molecule has 0 bridgehead atoms. The number of nitrogens with zero attached hydrogens (tertiary/aromatic N) is 3. The van der Waals surface area contributed by atoms with Crippen LogP contribution in [-0.4, -0.2) is 65.1 Å². The Bertz CT molecular complexity index is 1380. The van der Waals surface area contributed by atoms with Crippen LogP contribution >= 0.6 is 0 Å². The number of halogens is 1. The van der Waals surface area contributed by atoms with Crippen LogP contribution in [0.25, 0.3) is 0 Å². The van der Waals surface area contributed by atoms with Crippen LogP contribution in [0.15, 0.2) is 59.0 Å². The van der Waals surface area contributed by atoms with Crippen molar-refractivity contribution in [2.45, 2.75) is 39.3 Å². The van der Waals surface area contributed by atoms with Gasteiger partial charge >= 0.3 is 0 Å². The van der Waals surface area contributed by atoms with Crippen molar-refractivity contribution in [2.75, 3.05) is 32.7 Å². The topological polar surface area (TPSA) is 83.3 Å². The van der Waals surface area contributed by atoms with E-state index in [9.17, 15) is 18.8 Å². The fourth-order valence-corrected chi connectivity index (χ4v) is 5.30. The summed E-state index contributed by atoms with van der Waals surface area (Å²) in [6, 6.07) is 15.1. The molecule has 5 rings (SSSR count). The molecule has 3 heterocycles. The summed E-state index contributed by atoms with van der Waals surface area (Å²) in [6.45, 7) is 5.98. The van der Waals surface area contributed by atoms with E-state index in [-0.39, 0.29) is 35.9 Å². The predicted octanol–water partition coefficient (Wildman–Crippen LogP) is 4.19. The standard InChI is InChI=1S/C30H32FN3O5/c1-3-28(36)34-12-11-21-7-8-24(18-26(21)29(34)22-5-4-6-23(31)17-22)38-19-25-9-10-27(39-25)30(37)33-15-13-32(14-16-33)20(2)35/h4-10,17-18,29H,3,11-16,19H2,1-2H3. The average molecular weight is 534 g/mol. The van der Waals surface area contributed by atoms with E-state index in [1.807, 2.05) is 36.1 Å². The Kier molecular flexibility index (Phi) is 7.67. The zero-order valence-electron chi connectivity index (χ0n) is 22.2. The zero-order chi connectivity index (χ0) is 27.5. The van der Waals surface area contributed by atoms with E-state index >= 15 is 0 Å². The van der Waals surface area contributed by atoms with Crippen molar-refractivity contribution in [3.63, 3.8) is 0 Å². The van der Waals surface area contributed by atoms with E-state index in [0.717, 1.165) is 11.1 Å². The molecule has 0 spiro atoms. The van der Waals surface area contributed by atoms with Gasteiger partial charge in [0.1, 0.15) is 23.9 Å². The Morgan fingerprint density at radius 1 is 0.974 bits per heavy atom. The highest BCUT2D eigenvalue weighted by Gasteiger charge is 2.32. The molecule has 39 heavy (non-hydrogen) atoms. The summed E-state index contributed by atoms with van der Waals surface area (Å²) in [5.41, 5.74) is 2.71. The Morgan fingerprint density at radius 2 is 1.74 bits per heavy atom. The minimum absolute atomic E-state index is 0.00799. The van der Waals surface area contributed by atoms with Gasteiger partial charge < -0.3 is 23.9 Å². The van der Waals surface area contributed by atoms with Gasteiger partial charge in [0.15, 0.2) is 5.76 Å². The zero-order valence-corrected chi connectivity index (χ0v) is 22.2. The molecular formula is C30H32FN3O5. The van der Waals surface area contributed by atoms with Crippen molar-refractivity contribution in [3.8, 4) is 5.75 Å². The smallest absolute Gasteiger partial charge is 0.289 e. The first-order valence-corrected chi connectivity index (χ1v) is 13.3. The van der Waals surface area contributed by atoms with Crippen molar-refractivity contribution in [1.29, 1.82) is 0 Å². The number of piperazine rings is 1. The van der Waals surface area contributed by atoms with Crippen LogP contribution in [0.5, 0.6) is 5.75 Å². The molecule has 1 aromatic heterocycles. The normalized spacial score (nSPS) is 17.1. The largest absolute Gasteiger partial charge is 0.486 e. The van der Waals surface area contributed by atoms with Crippen LogP contribution in [0.4, 0.5) is 4.39 Å². The second-order valence-electron chi connectivity index (χ2n) is 9.86. The number of carbonyl (C=O) groups is 3. The molecule has 1 unspecified atom stereocenters. The van der Waals surface area contributed by atoms with Gasteiger partial charge in [0.2, 0.25) is 11.8 Å². The molecule has 204 valence electrons. The number of fused-ring (bicyclic) bond motifs is 1. The van der Waals surface area contributed by atoms with Crippen LogP contribution in [0.1, 0.15) is 59.3 Å². The molecule has 2 aliphatic rings. The van der Waals surface area contributed by atoms with Crippen LogP contribution in [0, 0.1) is 5.82 Å². The molecule has 3 amide bonds. The Labute approximate surface area is 226 Å². The maximum Gasteiger partial charge on any atom is 0.289 e. The van der Waals surface area contributed by atoms with Gasteiger partial charge in [-0.15, -0.1) is 0 Å². The lowest BCUT2D eigenvalue weighted by Crippen LogP contribution is -2.50. The van der Waals surface area contributed by atoms with Gasteiger partial charge in [-0.1, -0.05) is 25.1 Å². The van der Waals surface area contributed by atoms with E-state index in [1.165, 1.54) is 19.1 Å². The van der Waals surface area contributed by atoms with E-state index in [2.05, 4.69) is 0 Å². The maximum absolute atomic E-state index is 14.1. The minimum Gasteiger partial charge on any atom is -0.486 e. The monoisotopic (exact) mass is 533 g/mol. The molecule has 2 aliphatic heterocycles. The lowest BCUT2D eigenvalue weighted by atomic mass is 9.87. The van der Waals surface area contributed by atoms with Gasteiger partial charge in [-0.3, -0.25) is 14.4 Å². The highest BCUT2D eigenvalue weighted by molar-refractivity contribution is 5.91. The maximum atomic E-state index is 14.1. The summed E-state index contributed by atoms with van der Waals surface area (Å²) in [6.07, 6.45) is 1.07. The Morgan fingerprint density at radius 3 is 2.46 bits per heavy atom. The fourth-order valence-electron chi connectivity index (χ4n) is 5.30. The highest BCUT2D eigenvalue weighted by atomic mass is 19.1. The SMILES string of the molecule is CCC(=O)N1CCc2ccc(OCc3ccc(C(=O)N4CCN(C(C)=O)CC4)o3)cc2C1c1cccc(F)c1. The summed E-state index contributed by atoms with van der Waals surface area (Å²) < 4.78 is 26.0. The number of hydrogen-bond acceptors (Lipinski definition) is 5. The lowest BCUT2D eigenvalue weighted by Gasteiger charge is -2.38. The van der Waals surface area contributed by atoms with E-state index in [0.29, 0.717) is 62.6 Å². The van der Waals surface area contributed by atoms with Gasteiger partial charge in [-0.25, -0.2) is 4.39 Å². The first kappa shape index (κ1) is 26.5. The minimum atomic E-state index is -0.406. The van der Waals surface area contributed by atoms with Crippen molar-refractivity contribution in [1.82, 2.24) is 14.7 Å². The fraction of sp³-hybridized carbons (Fsp3) is 0.367. The first-order valence-electron chi connectivity index (χ1n) is 13.3. The molecule has 1 fully saturated rings. The number of amides is 3. The molecule has 8 nitrogen and oxygen atoms in total. The molecule has 1 atom stereocenters. The molecule has 0 N–H and O–H groups in total. The lowest BCUT2D eigenvalue weighted by molar-refractivity contribution is -0.133. The molecule has 2 aromatic carbocycles. The molecule has 3 aromatic rings. The highest BCUT2D eigenvalue weighted by Crippen LogP contribution is 2.38. The Balaban J connectivity index is 1.30. The third-order valence-electron chi connectivity index (χ3n) is 7.40. The Hall–Kier alpha value is -4.14. The number of ether oxygens (including phenoxy) is 1. The average Bonchev–Trinajstić information content (AvgIpc) is 3.43. The molecule has 0 aliphatic carbocycles. The van der Waals surface area contributed by atoms with Gasteiger partial charge in [-0.05, 0) is 59.5 Å².